The van der Waals surface area contributed by atoms with Crippen LogP contribution in [-0.2, 0) is 22.4 Å². The van der Waals surface area contributed by atoms with E-state index >= 15 is 0 Å². The maximum absolute atomic E-state index is 12.2. The van der Waals surface area contributed by atoms with Crippen LogP contribution < -0.4 is 0 Å². The average molecular weight is 379 g/mol. The molecule has 1 atom stereocenters. The zero-order valence-electron chi connectivity index (χ0n) is 13.0. The number of hydrogen-bond acceptors (Lipinski definition) is 5. The van der Waals surface area contributed by atoms with Crippen molar-refractivity contribution < 1.29 is 14.1 Å². The smallest absolute Gasteiger partial charge is 0.306 e. The van der Waals surface area contributed by atoms with Gasteiger partial charge in [0.1, 0.15) is 6.10 Å². The van der Waals surface area contributed by atoms with E-state index in [2.05, 4.69) is 32.1 Å². The molecular formula is C17H19BrN2O3. The summed E-state index contributed by atoms with van der Waals surface area (Å²) in [6.45, 7) is 1.76. The second-order valence-electron chi connectivity index (χ2n) is 5.77. The van der Waals surface area contributed by atoms with Gasteiger partial charge in [-0.3, -0.25) is 4.79 Å². The molecule has 0 saturated heterocycles. The van der Waals surface area contributed by atoms with Gasteiger partial charge in [0.2, 0.25) is 5.89 Å². The average Bonchev–Trinajstić information content (AvgIpc) is 2.83. The molecule has 1 heterocycles. The lowest BCUT2D eigenvalue weighted by atomic mass is 10.0. The molecule has 23 heavy (non-hydrogen) atoms. The number of ether oxygens (including phenoxy) is 1. The first-order chi connectivity index (χ1) is 11.1. The quantitative estimate of drug-likeness (QED) is 0.592. The number of aromatic nitrogens is 2. The highest BCUT2D eigenvalue weighted by Crippen LogP contribution is 2.35. The molecule has 6 heteroatoms. The van der Waals surface area contributed by atoms with Crippen molar-refractivity contribution in [3.63, 3.8) is 0 Å². The Morgan fingerprint density at radius 1 is 1.43 bits per heavy atom. The van der Waals surface area contributed by atoms with Crippen LogP contribution >= 0.6 is 15.9 Å². The van der Waals surface area contributed by atoms with Crippen molar-refractivity contribution >= 4 is 21.9 Å². The van der Waals surface area contributed by atoms with Crippen LogP contribution in [0.5, 0.6) is 0 Å². The molecule has 0 aliphatic heterocycles. The summed E-state index contributed by atoms with van der Waals surface area (Å²) in [4.78, 5) is 16.3. The van der Waals surface area contributed by atoms with Gasteiger partial charge in [-0.15, -0.1) is 0 Å². The van der Waals surface area contributed by atoms with Gasteiger partial charge in [-0.05, 0) is 49.8 Å². The van der Waals surface area contributed by atoms with Crippen LogP contribution in [0.3, 0.4) is 0 Å². The minimum atomic E-state index is -0.223. The van der Waals surface area contributed by atoms with Gasteiger partial charge in [0, 0.05) is 10.9 Å². The third kappa shape index (κ3) is 3.99. The lowest BCUT2D eigenvalue weighted by molar-refractivity contribution is -0.149. The Balaban J connectivity index is 1.65. The predicted molar refractivity (Wildman–Crippen MR) is 87.9 cm³/mol. The fourth-order valence-electron chi connectivity index (χ4n) is 2.92. The van der Waals surface area contributed by atoms with E-state index in [-0.39, 0.29) is 18.5 Å². The van der Waals surface area contributed by atoms with Gasteiger partial charge in [0.15, 0.2) is 5.82 Å². The number of carbonyl (C=O) groups is 1. The first-order valence-electron chi connectivity index (χ1n) is 7.89. The minimum Gasteiger partial charge on any atom is -0.457 e. The number of benzene rings is 1. The van der Waals surface area contributed by atoms with Gasteiger partial charge in [-0.1, -0.05) is 33.2 Å². The van der Waals surface area contributed by atoms with E-state index < -0.39 is 0 Å². The van der Waals surface area contributed by atoms with Gasteiger partial charge in [-0.25, -0.2) is 0 Å². The minimum absolute atomic E-state index is 0.165. The zero-order chi connectivity index (χ0) is 16.2. The summed E-state index contributed by atoms with van der Waals surface area (Å²) in [5, 5.41) is 3.72. The van der Waals surface area contributed by atoms with Crippen LogP contribution in [0.15, 0.2) is 27.2 Å². The lowest BCUT2D eigenvalue weighted by Crippen LogP contribution is -2.13. The number of halogens is 1. The van der Waals surface area contributed by atoms with Gasteiger partial charge in [0.05, 0.1) is 6.42 Å². The van der Waals surface area contributed by atoms with Gasteiger partial charge < -0.3 is 9.26 Å². The SMILES string of the molecule is Cc1noc(CCC(=O)OC2CCCCc3c(Br)cccc32)n1. The molecule has 0 fully saturated rings. The maximum atomic E-state index is 12.2. The highest BCUT2D eigenvalue weighted by atomic mass is 79.9. The topological polar surface area (TPSA) is 65.2 Å². The molecule has 5 nitrogen and oxygen atoms in total. The number of aryl methyl sites for hydroxylation is 2. The first kappa shape index (κ1) is 16.2. The number of fused-ring (bicyclic) bond motifs is 1. The third-order valence-corrected chi connectivity index (χ3v) is 4.77. The maximum Gasteiger partial charge on any atom is 0.306 e. The summed E-state index contributed by atoms with van der Waals surface area (Å²) in [5.41, 5.74) is 2.38. The molecule has 0 bridgehead atoms. The highest BCUT2D eigenvalue weighted by molar-refractivity contribution is 9.10. The van der Waals surface area contributed by atoms with Crippen LogP contribution in [-0.4, -0.2) is 16.1 Å². The van der Waals surface area contributed by atoms with E-state index in [1.807, 2.05) is 12.1 Å². The van der Waals surface area contributed by atoms with Crippen molar-refractivity contribution in [3.05, 3.63) is 45.5 Å². The molecular weight excluding hydrogens is 360 g/mol. The summed E-state index contributed by atoms with van der Waals surface area (Å²) in [7, 11) is 0. The summed E-state index contributed by atoms with van der Waals surface area (Å²) < 4.78 is 11.8. The number of hydrogen-bond donors (Lipinski definition) is 0. The standard InChI is InChI=1S/C17H19BrN2O3/c1-11-19-16(23-20-11)9-10-17(21)22-15-8-3-2-5-12-13(15)6-4-7-14(12)18/h4,6-7,15H,2-3,5,8-10H2,1H3. The van der Waals surface area contributed by atoms with Gasteiger partial charge >= 0.3 is 5.97 Å². The van der Waals surface area contributed by atoms with Crippen molar-refractivity contribution in [3.8, 4) is 0 Å². The van der Waals surface area contributed by atoms with E-state index in [9.17, 15) is 4.79 Å². The van der Waals surface area contributed by atoms with Crippen LogP contribution in [0.1, 0.15) is 54.6 Å². The van der Waals surface area contributed by atoms with Gasteiger partial charge in [0.25, 0.3) is 0 Å². The molecule has 3 rings (SSSR count). The van der Waals surface area contributed by atoms with Crippen LogP contribution in [0, 0.1) is 6.92 Å². The van der Waals surface area contributed by atoms with Crippen molar-refractivity contribution in [2.45, 2.75) is 51.6 Å². The second kappa shape index (κ2) is 7.25. The summed E-state index contributed by atoms with van der Waals surface area (Å²) in [6, 6.07) is 6.10. The third-order valence-electron chi connectivity index (χ3n) is 4.03. The molecule has 0 radical (unpaired) electrons. The molecule has 1 aromatic carbocycles. The Labute approximate surface area is 143 Å². The van der Waals surface area contributed by atoms with Crippen LogP contribution in [0.25, 0.3) is 0 Å². The number of esters is 1. The summed E-state index contributed by atoms with van der Waals surface area (Å²) >= 11 is 3.61. The molecule has 1 unspecified atom stereocenters. The molecule has 1 aromatic heterocycles. The van der Waals surface area contributed by atoms with E-state index in [1.165, 1.54) is 5.56 Å². The lowest BCUT2D eigenvalue weighted by Gasteiger charge is -2.19. The molecule has 0 N–H and O–H groups in total. The summed E-state index contributed by atoms with van der Waals surface area (Å²) in [6.07, 6.45) is 4.56. The monoisotopic (exact) mass is 378 g/mol. The Hall–Kier alpha value is -1.69. The second-order valence-corrected chi connectivity index (χ2v) is 6.62. The Kier molecular flexibility index (Phi) is 5.10. The van der Waals surface area contributed by atoms with Crippen molar-refractivity contribution in [2.24, 2.45) is 0 Å². The largest absolute Gasteiger partial charge is 0.457 e. The molecule has 122 valence electrons. The van der Waals surface area contributed by atoms with E-state index in [4.69, 9.17) is 9.26 Å². The predicted octanol–water partition coefficient (Wildman–Crippen LogP) is 4.08. The molecule has 1 aliphatic rings. The van der Waals surface area contributed by atoms with Crippen molar-refractivity contribution in [1.82, 2.24) is 10.1 Å². The molecule has 2 aromatic rings. The molecule has 0 spiro atoms. The highest BCUT2D eigenvalue weighted by Gasteiger charge is 2.23. The zero-order valence-corrected chi connectivity index (χ0v) is 14.6. The number of nitrogens with zero attached hydrogens (tertiary/aromatic N) is 2. The Morgan fingerprint density at radius 3 is 3.09 bits per heavy atom. The first-order valence-corrected chi connectivity index (χ1v) is 8.69. The van der Waals surface area contributed by atoms with E-state index in [1.54, 1.807) is 6.92 Å². The number of rotatable bonds is 4. The fourth-order valence-corrected chi connectivity index (χ4v) is 3.50. The molecule has 1 aliphatic carbocycles. The number of carbonyl (C=O) groups excluding carboxylic acids is 1. The molecule has 0 amide bonds. The van der Waals surface area contributed by atoms with Crippen molar-refractivity contribution in [1.29, 1.82) is 0 Å². The van der Waals surface area contributed by atoms with E-state index in [0.717, 1.165) is 35.7 Å². The van der Waals surface area contributed by atoms with Crippen LogP contribution in [0.2, 0.25) is 0 Å². The Morgan fingerprint density at radius 2 is 2.30 bits per heavy atom. The van der Waals surface area contributed by atoms with Gasteiger partial charge in [-0.2, -0.15) is 4.98 Å². The van der Waals surface area contributed by atoms with Crippen LogP contribution in [0.4, 0.5) is 0 Å². The normalized spacial score (nSPS) is 17.4. The summed E-state index contributed by atoms with van der Waals surface area (Å²) in [5.74, 6) is 0.832. The fraction of sp³-hybridized carbons (Fsp3) is 0.471. The van der Waals surface area contributed by atoms with E-state index in [0.29, 0.717) is 18.1 Å². The molecule has 0 saturated carbocycles. The Bertz CT molecular complexity index is 699. The van der Waals surface area contributed by atoms with Crippen molar-refractivity contribution in [2.75, 3.05) is 0 Å².